The highest BCUT2D eigenvalue weighted by Gasteiger charge is 2.31. The maximum Gasteiger partial charge on any atom is 0.225 e. The Hall–Kier alpha value is -2.13. The van der Waals surface area contributed by atoms with Gasteiger partial charge in [0.15, 0.2) is 0 Å². The van der Waals surface area contributed by atoms with Crippen LogP contribution in [0.4, 0.5) is 0 Å². The smallest absolute Gasteiger partial charge is 0.225 e. The summed E-state index contributed by atoms with van der Waals surface area (Å²) in [7, 11) is -3.23. The molecule has 0 saturated carbocycles. The third-order valence-electron chi connectivity index (χ3n) is 5.75. The second-order valence-electron chi connectivity index (χ2n) is 8.04. The molecule has 0 aromatic heterocycles. The molecule has 2 fully saturated rings. The molecule has 1 unspecified atom stereocenters. The number of ether oxygens (including phenoxy) is 1. The molecule has 2 saturated heterocycles. The van der Waals surface area contributed by atoms with E-state index in [2.05, 4.69) is 5.32 Å². The minimum atomic E-state index is -3.23. The van der Waals surface area contributed by atoms with Crippen LogP contribution in [0.5, 0.6) is 5.75 Å². The first-order valence-electron chi connectivity index (χ1n) is 10.5. The van der Waals surface area contributed by atoms with Gasteiger partial charge in [0.25, 0.3) is 0 Å². The van der Waals surface area contributed by atoms with Gasteiger partial charge in [0.05, 0.1) is 19.3 Å². The fourth-order valence-electron chi connectivity index (χ4n) is 4.00. The topological polar surface area (TPSA) is 96.0 Å². The summed E-state index contributed by atoms with van der Waals surface area (Å²) < 4.78 is 30.5. The number of para-hydroxylation sites is 1. The molecule has 9 heteroatoms. The maximum absolute atomic E-state index is 12.6. The normalized spacial score (nSPS) is 21.2. The lowest BCUT2D eigenvalue weighted by molar-refractivity contribution is -0.136. The van der Waals surface area contributed by atoms with Crippen LogP contribution in [0.2, 0.25) is 0 Å². The van der Waals surface area contributed by atoms with Crippen LogP contribution in [-0.4, -0.2) is 74.5 Å². The van der Waals surface area contributed by atoms with E-state index in [0.29, 0.717) is 52.0 Å². The van der Waals surface area contributed by atoms with Gasteiger partial charge in [-0.05, 0) is 37.8 Å². The van der Waals surface area contributed by atoms with Crippen LogP contribution in [0, 0.1) is 5.92 Å². The van der Waals surface area contributed by atoms with E-state index >= 15 is 0 Å². The SMILES string of the molecule is CS(=O)(=O)N1CCCC(NC(=O)C2CCN(C(=O)CCOc3ccccc3)CC2)C1. The van der Waals surface area contributed by atoms with E-state index in [0.717, 1.165) is 18.6 Å². The van der Waals surface area contributed by atoms with Crippen molar-refractivity contribution >= 4 is 21.8 Å². The summed E-state index contributed by atoms with van der Waals surface area (Å²) in [6, 6.07) is 9.26. The number of likely N-dealkylation sites (tertiary alicyclic amines) is 1. The lowest BCUT2D eigenvalue weighted by Gasteiger charge is -2.34. The lowest BCUT2D eigenvalue weighted by atomic mass is 9.95. The largest absolute Gasteiger partial charge is 0.493 e. The molecular formula is C21H31N3O5S. The van der Waals surface area contributed by atoms with Crippen LogP contribution >= 0.6 is 0 Å². The van der Waals surface area contributed by atoms with Gasteiger partial charge in [-0.2, -0.15) is 0 Å². The Morgan fingerprint density at radius 2 is 1.80 bits per heavy atom. The van der Waals surface area contributed by atoms with Gasteiger partial charge in [0.2, 0.25) is 21.8 Å². The van der Waals surface area contributed by atoms with Crippen molar-refractivity contribution in [1.29, 1.82) is 0 Å². The first-order chi connectivity index (χ1) is 14.3. The van der Waals surface area contributed by atoms with E-state index in [1.165, 1.54) is 10.6 Å². The maximum atomic E-state index is 12.6. The van der Waals surface area contributed by atoms with Crippen LogP contribution in [-0.2, 0) is 19.6 Å². The molecule has 2 aliphatic heterocycles. The summed E-state index contributed by atoms with van der Waals surface area (Å²) in [6.45, 7) is 2.30. The predicted molar refractivity (Wildman–Crippen MR) is 113 cm³/mol. The number of rotatable bonds is 7. The molecule has 0 bridgehead atoms. The molecular weight excluding hydrogens is 406 g/mol. The molecule has 3 rings (SSSR count). The molecule has 166 valence electrons. The quantitative estimate of drug-likeness (QED) is 0.692. The van der Waals surface area contributed by atoms with Crippen molar-refractivity contribution in [3.63, 3.8) is 0 Å². The first-order valence-corrected chi connectivity index (χ1v) is 12.4. The highest BCUT2D eigenvalue weighted by atomic mass is 32.2. The molecule has 2 heterocycles. The molecule has 8 nitrogen and oxygen atoms in total. The van der Waals surface area contributed by atoms with E-state index in [4.69, 9.17) is 4.74 Å². The van der Waals surface area contributed by atoms with Gasteiger partial charge in [0, 0.05) is 38.1 Å². The zero-order valence-corrected chi connectivity index (χ0v) is 18.3. The third kappa shape index (κ3) is 6.43. The zero-order chi connectivity index (χ0) is 21.6. The highest BCUT2D eigenvalue weighted by Crippen LogP contribution is 2.20. The monoisotopic (exact) mass is 437 g/mol. The molecule has 1 N–H and O–H groups in total. The van der Waals surface area contributed by atoms with Gasteiger partial charge in [-0.1, -0.05) is 18.2 Å². The number of nitrogens with one attached hydrogen (secondary N) is 1. The average Bonchev–Trinajstić information content (AvgIpc) is 2.74. The lowest BCUT2D eigenvalue weighted by Crippen LogP contribution is -2.51. The third-order valence-corrected chi connectivity index (χ3v) is 7.02. The Bertz CT molecular complexity index is 822. The Kier molecular flexibility index (Phi) is 7.71. The number of hydrogen-bond acceptors (Lipinski definition) is 5. The molecule has 2 amide bonds. The summed E-state index contributed by atoms with van der Waals surface area (Å²) in [5.74, 6) is 0.622. The number of amides is 2. The number of benzene rings is 1. The Morgan fingerprint density at radius 3 is 2.47 bits per heavy atom. The fraction of sp³-hybridized carbons (Fsp3) is 0.619. The number of hydrogen-bond donors (Lipinski definition) is 1. The number of nitrogens with zero attached hydrogens (tertiary/aromatic N) is 2. The molecule has 0 aliphatic carbocycles. The Balaban J connectivity index is 1.38. The summed E-state index contributed by atoms with van der Waals surface area (Å²) in [5.41, 5.74) is 0. The summed E-state index contributed by atoms with van der Waals surface area (Å²) in [6.07, 6.45) is 4.30. The average molecular weight is 438 g/mol. The molecule has 0 radical (unpaired) electrons. The second kappa shape index (κ2) is 10.3. The van der Waals surface area contributed by atoms with Gasteiger partial charge in [-0.3, -0.25) is 9.59 Å². The molecule has 1 atom stereocenters. The summed E-state index contributed by atoms with van der Waals surface area (Å²) in [4.78, 5) is 26.8. The van der Waals surface area contributed by atoms with E-state index in [9.17, 15) is 18.0 Å². The van der Waals surface area contributed by atoms with Gasteiger partial charge >= 0.3 is 0 Å². The molecule has 2 aliphatic rings. The number of carbonyl (C=O) groups excluding carboxylic acids is 2. The van der Waals surface area contributed by atoms with E-state index in [1.807, 2.05) is 30.3 Å². The number of carbonyl (C=O) groups is 2. The van der Waals surface area contributed by atoms with Crippen LogP contribution in [0.15, 0.2) is 30.3 Å². The molecule has 0 spiro atoms. The van der Waals surface area contributed by atoms with Crippen molar-refractivity contribution in [2.45, 2.75) is 38.1 Å². The molecule has 1 aromatic carbocycles. The minimum Gasteiger partial charge on any atom is -0.493 e. The number of piperidine rings is 2. The van der Waals surface area contributed by atoms with Crippen molar-refractivity contribution in [1.82, 2.24) is 14.5 Å². The van der Waals surface area contributed by atoms with Crippen molar-refractivity contribution in [2.24, 2.45) is 5.92 Å². The van der Waals surface area contributed by atoms with E-state index < -0.39 is 10.0 Å². The summed E-state index contributed by atoms with van der Waals surface area (Å²) >= 11 is 0. The predicted octanol–water partition coefficient (Wildman–Crippen LogP) is 1.23. The Labute approximate surface area is 178 Å². The Morgan fingerprint density at radius 1 is 1.10 bits per heavy atom. The zero-order valence-electron chi connectivity index (χ0n) is 17.5. The van der Waals surface area contributed by atoms with Crippen molar-refractivity contribution in [3.8, 4) is 5.75 Å². The van der Waals surface area contributed by atoms with Gasteiger partial charge in [-0.25, -0.2) is 12.7 Å². The standard InChI is InChI=1S/C21H31N3O5S/c1-30(27,28)24-12-5-6-18(16-24)22-21(26)17-9-13-23(14-10-17)20(25)11-15-29-19-7-3-2-4-8-19/h2-4,7-8,17-18H,5-6,9-16H2,1H3,(H,22,26). The number of sulfonamides is 1. The first kappa shape index (κ1) is 22.6. The fourth-order valence-corrected chi connectivity index (χ4v) is 4.91. The van der Waals surface area contributed by atoms with Gasteiger partial charge < -0.3 is 15.0 Å². The van der Waals surface area contributed by atoms with E-state index in [-0.39, 0.29) is 23.8 Å². The van der Waals surface area contributed by atoms with Crippen LogP contribution < -0.4 is 10.1 Å². The molecule has 30 heavy (non-hydrogen) atoms. The highest BCUT2D eigenvalue weighted by molar-refractivity contribution is 7.88. The van der Waals surface area contributed by atoms with Gasteiger partial charge in [-0.15, -0.1) is 0 Å². The van der Waals surface area contributed by atoms with Crippen LogP contribution in [0.1, 0.15) is 32.1 Å². The molecule has 1 aromatic rings. The van der Waals surface area contributed by atoms with Crippen molar-refractivity contribution in [2.75, 3.05) is 39.0 Å². The van der Waals surface area contributed by atoms with Crippen LogP contribution in [0.25, 0.3) is 0 Å². The van der Waals surface area contributed by atoms with Gasteiger partial charge in [0.1, 0.15) is 5.75 Å². The minimum absolute atomic E-state index is 0.0325. The summed E-state index contributed by atoms with van der Waals surface area (Å²) in [5, 5.41) is 3.02. The van der Waals surface area contributed by atoms with Crippen LogP contribution in [0.3, 0.4) is 0 Å². The van der Waals surface area contributed by atoms with Crippen molar-refractivity contribution < 1.29 is 22.7 Å². The second-order valence-corrected chi connectivity index (χ2v) is 10.0. The van der Waals surface area contributed by atoms with Crippen molar-refractivity contribution in [3.05, 3.63) is 30.3 Å². The van der Waals surface area contributed by atoms with E-state index in [1.54, 1.807) is 4.90 Å².